The average Bonchev–Trinajstić information content (AvgIpc) is 2.66. The van der Waals surface area contributed by atoms with E-state index in [1.807, 2.05) is 32.9 Å². The minimum Gasteiger partial charge on any atom is -0.496 e. The molecule has 2 heterocycles. The third-order valence-electron chi connectivity index (χ3n) is 5.43. The summed E-state index contributed by atoms with van der Waals surface area (Å²) in [5.74, 6) is 0.742. The lowest BCUT2D eigenvalue weighted by molar-refractivity contribution is -0.00522. The molecule has 1 N–H and O–H groups in total. The predicted octanol–water partition coefficient (Wildman–Crippen LogP) is 4.31. The van der Waals surface area contributed by atoms with E-state index in [9.17, 15) is 9.90 Å². The van der Waals surface area contributed by atoms with Gasteiger partial charge in [0.15, 0.2) is 0 Å². The number of anilines is 2. The Morgan fingerprint density at radius 2 is 1.90 bits per heavy atom. The lowest BCUT2D eigenvalue weighted by Crippen LogP contribution is -2.45. The fourth-order valence-corrected chi connectivity index (χ4v) is 4.12. The fraction of sp³-hybridized carbons (Fsp3) is 0.478. The Morgan fingerprint density at radius 1 is 1.23 bits per heavy atom. The van der Waals surface area contributed by atoms with Gasteiger partial charge in [-0.1, -0.05) is 0 Å². The van der Waals surface area contributed by atoms with Gasteiger partial charge in [-0.2, -0.15) is 0 Å². The highest BCUT2D eigenvalue weighted by atomic mass is 16.5. The fourth-order valence-electron chi connectivity index (χ4n) is 4.12. The lowest BCUT2D eigenvalue weighted by Gasteiger charge is -2.37. The Kier molecular flexibility index (Phi) is 6.51. The van der Waals surface area contributed by atoms with Crippen molar-refractivity contribution in [3.05, 3.63) is 46.8 Å². The largest absolute Gasteiger partial charge is 0.496 e. The number of carbonyl (C=O) groups is 1. The summed E-state index contributed by atoms with van der Waals surface area (Å²) in [5.41, 5.74) is 5.10. The number of benzene rings is 1. The van der Waals surface area contributed by atoms with E-state index in [2.05, 4.69) is 29.8 Å². The van der Waals surface area contributed by atoms with Gasteiger partial charge in [-0.05, 0) is 58.4 Å². The maximum absolute atomic E-state index is 12.2. The summed E-state index contributed by atoms with van der Waals surface area (Å²) in [5, 5.41) is 9.97. The van der Waals surface area contributed by atoms with E-state index in [0.29, 0.717) is 11.4 Å². The van der Waals surface area contributed by atoms with Gasteiger partial charge in [0, 0.05) is 41.8 Å². The molecule has 1 aliphatic heterocycles. The maximum Gasteiger partial charge on any atom is 0.412 e. The van der Waals surface area contributed by atoms with Crippen LogP contribution < -0.4 is 14.5 Å². The van der Waals surface area contributed by atoms with Crippen LogP contribution in [0, 0.1) is 20.8 Å². The molecule has 1 aromatic carbocycles. The minimum atomic E-state index is -1.02. The lowest BCUT2D eigenvalue weighted by atomic mass is 10.1. The molecule has 3 rings (SSSR count). The molecular weight excluding hydrogens is 382 g/mol. The van der Waals surface area contributed by atoms with Crippen molar-refractivity contribution in [3.63, 3.8) is 0 Å². The summed E-state index contributed by atoms with van der Waals surface area (Å²) in [6.07, 6.45) is 0.954. The molecule has 1 aliphatic rings. The highest BCUT2D eigenvalue weighted by Gasteiger charge is 2.25. The van der Waals surface area contributed by atoms with Crippen molar-refractivity contribution in [2.45, 2.75) is 53.4 Å². The van der Waals surface area contributed by atoms with Crippen molar-refractivity contribution in [2.24, 2.45) is 0 Å². The quantitative estimate of drug-likeness (QED) is 0.787. The molecule has 1 saturated heterocycles. The molecule has 1 aromatic heterocycles. The van der Waals surface area contributed by atoms with Gasteiger partial charge in [0.05, 0.1) is 31.6 Å². The summed E-state index contributed by atoms with van der Waals surface area (Å²) in [6.45, 7) is 11.6. The highest BCUT2D eigenvalue weighted by Crippen LogP contribution is 2.30. The number of rotatable bonds is 5. The topological polar surface area (TPSA) is 75.1 Å². The van der Waals surface area contributed by atoms with Crippen molar-refractivity contribution in [1.29, 1.82) is 0 Å². The molecule has 0 aliphatic carbocycles. The third-order valence-corrected chi connectivity index (χ3v) is 5.43. The van der Waals surface area contributed by atoms with Gasteiger partial charge < -0.3 is 19.5 Å². The first-order valence-electron chi connectivity index (χ1n) is 10.2. The van der Waals surface area contributed by atoms with Crippen LogP contribution in [0.4, 0.5) is 16.2 Å². The molecule has 0 spiro atoms. The van der Waals surface area contributed by atoms with E-state index >= 15 is 0 Å². The number of amides is 1. The van der Waals surface area contributed by atoms with Crippen molar-refractivity contribution in [3.8, 4) is 5.75 Å². The van der Waals surface area contributed by atoms with E-state index in [-0.39, 0.29) is 18.8 Å². The zero-order valence-electron chi connectivity index (χ0n) is 18.6. The summed E-state index contributed by atoms with van der Waals surface area (Å²) in [6, 6.07) is 5.92. The Labute approximate surface area is 178 Å². The summed E-state index contributed by atoms with van der Waals surface area (Å²) < 4.78 is 11.3. The van der Waals surface area contributed by atoms with Gasteiger partial charge in [0.25, 0.3) is 0 Å². The van der Waals surface area contributed by atoms with E-state index in [1.165, 1.54) is 4.90 Å². The Bertz CT molecular complexity index is 921. The molecule has 2 atom stereocenters. The Morgan fingerprint density at radius 3 is 2.50 bits per heavy atom. The third kappa shape index (κ3) is 4.67. The van der Waals surface area contributed by atoms with Crippen LogP contribution in [0.15, 0.2) is 24.4 Å². The number of morpholine rings is 1. The van der Waals surface area contributed by atoms with Crippen LogP contribution >= 0.6 is 0 Å². The van der Waals surface area contributed by atoms with Crippen molar-refractivity contribution in [2.75, 3.05) is 30.0 Å². The molecule has 2 unspecified atom stereocenters. The van der Waals surface area contributed by atoms with Gasteiger partial charge >= 0.3 is 6.09 Å². The van der Waals surface area contributed by atoms with Gasteiger partial charge in [-0.15, -0.1) is 0 Å². The molecule has 0 radical (unpaired) electrons. The molecule has 7 nitrogen and oxygen atoms in total. The minimum absolute atomic E-state index is 0.125. The summed E-state index contributed by atoms with van der Waals surface area (Å²) in [7, 11) is 1.62. The zero-order valence-corrected chi connectivity index (χ0v) is 18.6. The van der Waals surface area contributed by atoms with Gasteiger partial charge in [0.1, 0.15) is 5.75 Å². The second kappa shape index (κ2) is 8.92. The van der Waals surface area contributed by atoms with Crippen molar-refractivity contribution < 1.29 is 19.4 Å². The number of carboxylic acid groups (broad SMARTS) is 1. The molecule has 162 valence electrons. The van der Waals surface area contributed by atoms with Crippen LogP contribution in [0.2, 0.25) is 0 Å². The van der Waals surface area contributed by atoms with Crippen LogP contribution in [0.3, 0.4) is 0 Å². The number of ether oxygens (including phenoxy) is 2. The maximum atomic E-state index is 12.2. The number of nitrogens with zero attached hydrogens (tertiary/aromatic N) is 3. The second-order valence-corrected chi connectivity index (χ2v) is 8.10. The molecule has 1 amide bonds. The van der Waals surface area contributed by atoms with Gasteiger partial charge in [0.2, 0.25) is 0 Å². The molecule has 1 fully saturated rings. The zero-order chi connectivity index (χ0) is 22.0. The SMILES string of the molecule is COc1c(C)cnc(CN(C(=O)O)c2cc(C)cc(N3CC(C)OC(C)C3)c2)c1C. The highest BCUT2D eigenvalue weighted by molar-refractivity contribution is 5.87. The van der Waals surface area contributed by atoms with E-state index in [1.54, 1.807) is 13.3 Å². The first kappa shape index (κ1) is 21.9. The summed E-state index contributed by atoms with van der Waals surface area (Å²) in [4.78, 5) is 20.2. The van der Waals surface area contributed by atoms with Crippen molar-refractivity contribution in [1.82, 2.24) is 4.98 Å². The van der Waals surface area contributed by atoms with Gasteiger partial charge in [-0.3, -0.25) is 9.88 Å². The molecule has 30 heavy (non-hydrogen) atoms. The van der Waals surface area contributed by atoms with Crippen molar-refractivity contribution >= 4 is 17.5 Å². The number of pyridine rings is 1. The number of hydrogen-bond acceptors (Lipinski definition) is 5. The van der Waals surface area contributed by atoms with Crippen LogP contribution in [0.1, 0.15) is 36.2 Å². The normalized spacial score (nSPS) is 18.9. The van der Waals surface area contributed by atoms with E-state index in [0.717, 1.165) is 41.2 Å². The second-order valence-electron chi connectivity index (χ2n) is 8.10. The number of hydrogen-bond donors (Lipinski definition) is 1. The molecule has 2 aromatic rings. The molecule has 7 heteroatoms. The average molecular weight is 414 g/mol. The van der Waals surface area contributed by atoms with Gasteiger partial charge in [-0.25, -0.2) is 4.79 Å². The number of aromatic nitrogens is 1. The predicted molar refractivity (Wildman–Crippen MR) is 118 cm³/mol. The first-order valence-corrected chi connectivity index (χ1v) is 10.2. The Hall–Kier alpha value is -2.80. The van der Waals surface area contributed by atoms with Crippen LogP contribution in [-0.4, -0.2) is 48.6 Å². The van der Waals surface area contributed by atoms with Crippen LogP contribution in [0.5, 0.6) is 5.75 Å². The van der Waals surface area contributed by atoms with E-state index in [4.69, 9.17) is 9.47 Å². The smallest absolute Gasteiger partial charge is 0.412 e. The number of methoxy groups -OCH3 is 1. The first-order chi connectivity index (χ1) is 14.2. The number of aryl methyl sites for hydroxylation is 2. The Balaban J connectivity index is 1.95. The molecule has 0 saturated carbocycles. The molecular formula is C23H31N3O4. The van der Waals surface area contributed by atoms with Crippen LogP contribution in [-0.2, 0) is 11.3 Å². The molecule has 0 bridgehead atoms. The van der Waals surface area contributed by atoms with E-state index < -0.39 is 6.09 Å². The summed E-state index contributed by atoms with van der Waals surface area (Å²) >= 11 is 0. The standard InChI is InChI=1S/C23H31N3O4/c1-14-7-19(25-11-16(3)30-17(4)12-25)9-20(8-14)26(23(27)28)13-21-18(5)22(29-6)15(2)10-24-21/h7-10,16-17H,11-13H2,1-6H3,(H,27,28). The monoisotopic (exact) mass is 413 g/mol. The van der Waals surface area contributed by atoms with Crippen LogP contribution in [0.25, 0.3) is 0 Å².